The van der Waals surface area contributed by atoms with Gasteiger partial charge in [-0.25, -0.2) is 0 Å². The first-order valence-electron chi connectivity index (χ1n) is 9.16. The van der Waals surface area contributed by atoms with Crippen LogP contribution >= 0.6 is 12.2 Å². The summed E-state index contributed by atoms with van der Waals surface area (Å²) in [6.07, 6.45) is 0. The van der Waals surface area contributed by atoms with Gasteiger partial charge in [0.1, 0.15) is 0 Å². The minimum Gasteiger partial charge on any atom is -0.348 e. The number of benzene rings is 2. The van der Waals surface area contributed by atoms with E-state index in [4.69, 9.17) is 12.2 Å². The van der Waals surface area contributed by atoms with E-state index in [1.165, 1.54) is 10.1 Å². The standard InChI is InChI=1S/C21H24N4O2S/c1-4-25-20(27)17-10-9-16(11-18(17)23-21(25)28)19(26)22-12-14-5-7-15(8-6-14)13-24(2)3/h5-11H,4,12-13H2,1-3H3,(H,22,26)(H,23,28). The van der Waals surface area contributed by atoms with Gasteiger partial charge in [-0.15, -0.1) is 0 Å². The molecular formula is C21H24N4O2S. The molecular weight excluding hydrogens is 372 g/mol. The second-order valence-electron chi connectivity index (χ2n) is 6.98. The van der Waals surface area contributed by atoms with E-state index in [1.54, 1.807) is 18.2 Å². The average molecular weight is 397 g/mol. The molecule has 0 fully saturated rings. The highest BCUT2D eigenvalue weighted by Gasteiger charge is 2.10. The van der Waals surface area contributed by atoms with Gasteiger partial charge in [0, 0.05) is 25.2 Å². The molecule has 2 N–H and O–H groups in total. The molecule has 0 aliphatic heterocycles. The summed E-state index contributed by atoms with van der Waals surface area (Å²) in [6, 6.07) is 13.2. The molecule has 0 spiro atoms. The number of aromatic nitrogens is 2. The Morgan fingerprint density at radius 2 is 1.82 bits per heavy atom. The minimum absolute atomic E-state index is 0.147. The molecule has 0 radical (unpaired) electrons. The Morgan fingerprint density at radius 3 is 2.46 bits per heavy atom. The highest BCUT2D eigenvalue weighted by atomic mass is 32.1. The number of aromatic amines is 1. The molecule has 3 aromatic rings. The summed E-state index contributed by atoms with van der Waals surface area (Å²) in [5.74, 6) is -0.196. The monoisotopic (exact) mass is 396 g/mol. The first-order chi connectivity index (χ1) is 13.4. The Kier molecular flexibility index (Phi) is 6.06. The molecule has 0 saturated carbocycles. The van der Waals surface area contributed by atoms with Crippen LogP contribution in [0.25, 0.3) is 10.9 Å². The van der Waals surface area contributed by atoms with Crippen molar-refractivity contribution in [3.8, 4) is 0 Å². The molecule has 0 atom stereocenters. The summed E-state index contributed by atoms with van der Waals surface area (Å²) < 4.78 is 1.85. The number of hydrogen-bond acceptors (Lipinski definition) is 4. The second-order valence-corrected chi connectivity index (χ2v) is 7.36. The third-order valence-corrected chi connectivity index (χ3v) is 4.86. The molecule has 3 rings (SSSR count). The SMILES string of the molecule is CCn1c(=S)[nH]c2cc(C(=O)NCc3ccc(CN(C)C)cc3)ccc2c1=O. The number of amides is 1. The molecule has 7 heteroatoms. The van der Waals surface area contributed by atoms with E-state index >= 15 is 0 Å². The maximum atomic E-state index is 12.5. The number of nitrogens with one attached hydrogen (secondary N) is 2. The molecule has 1 heterocycles. The van der Waals surface area contributed by atoms with Crippen molar-refractivity contribution in [1.82, 2.24) is 19.8 Å². The highest BCUT2D eigenvalue weighted by molar-refractivity contribution is 7.71. The lowest BCUT2D eigenvalue weighted by Gasteiger charge is -2.11. The van der Waals surface area contributed by atoms with E-state index in [0.29, 0.717) is 34.3 Å². The predicted molar refractivity (Wildman–Crippen MR) is 114 cm³/mol. The largest absolute Gasteiger partial charge is 0.348 e. The van der Waals surface area contributed by atoms with Gasteiger partial charge < -0.3 is 15.2 Å². The molecule has 1 aromatic heterocycles. The summed E-state index contributed by atoms with van der Waals surface area (Å²) >= 11 is 5.23. The zero-order valence-corrected chi connectivity index (χ0v) is 17.1. The van der Waals surface area contributed by atoms with Crippen molar-refractivity contribution in [3.05, 3.63) is 74.3 Å². The van der Waals surface area contributed by atoms with E-state index in [0.717, 1.165) is 12.1 Å². The zero-order valence-electron chi connectivity index (χ0n) is 16.3. The van der Waals surface area contributed by atoms with Crippen LogP contribution in [0.4, 0.5) is 0 Å². The van der Waals surface area contributed by atoms with Crippen molar-refractivity contribution in [1.29, 1.82) is 0 Å². The smallest absolute Gasteiger partial charge is 0.262 e. The zero-order chi connectivity index (χ0) is 20.3. The first-order valence-corrected chi connectivity index (χ1v) is 9.57. The highest BCUT2D eigenvalue weighted by Crippen LogP contribution is 2.12. The second kappa shape index (κ2) is 8.50. The molecule has 0 bridgehead atoms. The molecule has 28 heavy (non-hydrogen) atoms. The summed E-state index contributed by atoms with van der Waals surface area (Å²) in [5.41, 5.74) is 3.16. The predicted octanol–water partition coefficient (Wildman–Crippen LogP) is 3.07. The maximum absolute atomic E-state index is 12.5. The lowest BCUT2D eigenvalue weighted by atomic mass is 10.1. The quantitative estimate of drug-likeness (QED) is 0.628. The van der Waals surface area contributed by atoms with Gasteiger partial charge in [0.15, 0.2) is 4.77 Å². The minimum atomic E-state index is -0.196. The van der Waals surface area contributed by atoms with E-state index < -0.39 is 0 Å². The van der Waals surface area contributed by atoms with E-state index in [2.05, 4.69) is 27.3 Å². The average Bonchev–Trinajstić information content (AvgIpc) is 2.66. The van der Waals surface area contributed by atoms with Crippen molar-refractivity contribution in [3.63, 3.8) is 0 Å². The molecule has 146 valence electrons. The number of nitrogens with zero attached hydrogens (tertiary/aromatic N) is 2. The summed E-state index contributed by atoms with van der Waals surface area (Å²) in [4.78, 5) is 30.1. The van der Waals surface area contributed by atoms with Gasteiger partial charge in [0.05, 0.1) is 10.9 Å². The van der Waals surface area contributed by atoms with Gasteiger partial charge in [-0.3, -0.25) is 14.2 Å². The van der Waals surface area contributed by atoms with Gasteiger partial charge in [-0.05, 0) is 62.6 Å². The van der Waals surface area contributed by atoms with Crippen LogP contribution in [0.2, 0.25) is 0 Å². The van der Waals surface area contributed by atoms with Crippen LogP contribution in [-0.2, 0) is 19.6 Å². The Balaban J connectivity index is 1.75. The van der Waals surface area contributed by atoms with Crippen LogP contribution in [0.1, 0.15) is 28.4 Å². The Labute approximate surface area is 168 Å². The molecule has 0 aliphatic carbocycles. The Morgan fingerprint density at radius 1 is 1.14 bits per heavy atom. The maximum Gasteiger partial charge on any atom is 0.262 e. The first kappa shape index (κ1) is 20.0. The van der Waals surface area contributed by atoms with E-state index in [9.17, 15) is 9.59 Å². The lowest BCUT2D eigenvalue weighted by molar-refractivity contribution is 0.0951. The van der Waals surface area contributed by atoms with Gasteiger partial charge >= 0.3 is 0 Å². The summed E-state index contributed by atoms with van der Waals surface area (Å²) in [7, 11) is 4.06. The third kappa shape index (κ3) is 4.37. The molecule has 2 aromatic carbocycles. The van der Waals surface area contributed by atoms with Crippen molar-refractivity contribution in [2.24, 2.45) is 0 Å². The number of fused-ring (bicyclic) bond motifs is 1. The van der Waals surface area contributed by atoms with Gasteiger partial charge in [0.25, 0.3) is 11.5 Å². The van der Waals surface area contributed by atoms with Gasteiger partial charge in [-0.2, -0.15) is 0 Å². The van der Waals surface area contributed by atoms with Crippen LogP contribution < -0.4 is 10.9 Å². The summed E-state index contributed by atoms with van der Waals surface area (Å²) in [6.45, 7) is 3.68. The van der Waals surface area contributed by atoms with Crippen molar-refractivity contribution in [2.45, 2.75) is 26.6 Å². The fraction of sp³-hybridized carbons (Fsp3) is 0.286. The van der Waals surface area contributed by atoms with Gasteiger partial charge in [0.2, 0.25) is 0 Å². The van der Waals surface area contributed by atoms with Crippen LogP contribution in [0.3, 0.4) is 0 Å². The number of H-pyrrole nitrogens is 1. The number of carbonyl (C=O) groups is 1. The van der Waals surface area contributed by atoms with Crippen LogP contribution in [-0.4, -0.2) is 34.5 Å². The third-order valence-electron chi connectivity index (χ3n) is 4.54. The number of carbonyl (C=O) groups excluding carboxylic acids is 1. The van der Waals surface area contributed by atoms with Crippen LogP contribution in [0.5, 0.6) is 0 Å². The Hall–Kier alpha value is -2.77. The van der Waals surface area contributed by atoms with E-state index in [1.807, 2.05) is 33.2 Å². The molecule has 0 saturated heterocycles. The van der Waals surface area contributed by atoms with Crippen molar-refractivity contribution < 1.29 is 4.79 Å². The normalized spacial score (nSPS) is 11.1. The topological polar surface area (TPSA) is 70.1 Å². The van der Waals surface area contributed by atoms with E-state index in [-0.39, 0.29) is 11.5 Å². The van der Waals surface area contributed by atoms with Crippen molar-refractivity contribution in [2.75, 3.05) is 14.1 Å². The summed E-state index contributed by atoms with van der Waals surface area (Å²) in [5, 5.41) is 3.44. The molecule has 6 nitrogen and oxygen atoms in total. The molecule has 1 amide bonds. The Bertz CT molecular complexity index is 1110. The van der Waals surface area contributed by atoms with Crippen LogP contribution in [0.15, 0.2) is 47.3 Å². The molecule has 0 unspecified atom stereocenters. The van der Waals surface area contributed by atoms with Crippen molar-refractivity contribution >= 4 is 29.0 Å². The lowest BCUT2D eigenvalue weighted by Crippen LogP contribution is -2.24. The molecule has 0 aliphatic rings. The fourth-order valence-electron chi connectivity index (χ4n) is 3.10. The number of hydrogen-bond donors (Lipinski definition) is 2. The van der Waals surface area contributed by atoms with Gasteiger partial charge in [-0.1, -0.05) is 24.3 Å². The fourth-order valence-corrected chi connectivity index (χ4v) is 3.42. The number of rotatable bonds is 6. The van der Waals surface area contributed by atoms with Crippen LogP contribution in [0, 0.1) is 4.77 Å².